The van der Waals surface area contributed by atoms with Gasteiger partial charge in [0.05, 0.1) is 11.9 Å². The van der Waals surface area contributed by atoms with Crippen LogP contribution in [-0.2, 0) is 16.6 Å². The number of aryl methyl sites for hydroxylation is 1. The van der Waals surface area contributed by atoms with Gasteiger partial charge in [-0.15, -0.1) is 0 Å². The van der Waals surface area contributed by atoms with Crippen molar-refractivity contribution in [3.8, 4) is 11.6 Å². The second-order valence-corrected chi connectivity index (χ2v) is 8.17. The van der Waals surface area contributed by atoms with Crippen molar-refractivity contribution in [2.24, 2.45) is 0 Å². The second kappa shape index (κ2) is 8.52. The molecule has 28 heavy (non-hydrogen) atoms. The SMILES string of the molecule is CC(C)(C)c1noc(CCC(=O)Nc2ccc(Oc3cccc(Br)c3)nc2)n1. The molecule has 0 unspecified atom stereocenters. The first kappa shape index (κ1) is 20.0. The Labute approximate surface area is 171 Å². The maximum absolute atomic E-state index is 12.1. The highest BCUT2D eigenvalue weighted by atomic mass is 79.9. The summed E-state index contributed by atoms with van der Waals surface area (Å²) in [6.07, 6.45) is 2.17. The van der Waals surface area contributed by atoms with Gasteiger partial charge in [0, 0.05) is 28.8 Å². The quantitative estimate of drug-likeness (QED) is 0.581. The molecule has 146 valence electrons. The predicted octanol–water partition coefficient (Wildman–Crippen LogP) is 4.89. The van der Waals surface area contributed by atoms with E-state index in [0.717, 1.165) is 4.47 Å². The number of anilines is 1. The van der Waals surface area contributed by atoms with E-state index in [0.29, 0.717) is 35.5 Å². The summed E-state index contributed by atoms with van der Waals surface area (Å²) in [6.45, 7) is 6.02. The molecule has 0 saturated heterocycles. The Kier molecular flexibility index (Phi) is 6.08. The highest BCUT2D eigenvalue weighted by molar-refractivity contribution is 9.10. The minimum atomic E-state index is -0.185. The van der Waals surface area contributed by atoms with E-state index in [1.54, 1.807) is 18.3 Å². The van der Waals surface area contributed by atoms with Crippen LogP contribution in [0.1, 0.15) is 38.9 Å². The Morgan fingerprint density at radius 3 is 2.71 bits per heavy atom. The third kappa shape index (κ3) is 5.63. The van der Waals surface area contributed by atoms with Crippen LogP contribution in [0.4, 0.5) is 5.69 Å². The smallest absolute Gasteiger partial charge is 0.227 e. The summed E-state index contributed by atoms with van der Waals surface area (Å²) in [4.78, 5) is 20.7. The monoisotopic (exact) mass is 444 g/mol. The average molecular weight is 445 g/mol. The normalized spacial score (nSPS) is 11.3. The summed E-state index contributed by atoms with van der Waals surface area (Å²) in [5, 5.41) is 6.75. The maximum Gasteiger partial charge on any atom is 0.227 e. The van der Waals surface area contributed by atoms with Gasteiger partial charge in [-0.25, -0.2) is 4.98 Å². The first-order chi connectivity index (χ1) is 13.3. The molecule has 0 aliphatic carbocycles. The van der Waals surface area contributed by atoms with Gasteiger partial charge in [0.25, 0.3) is 0 Å². The lowest BCUT2D eigenvalue weighted by atomic mass is 9.96. The number of carbonyl (C=O) groups is 1. The summed E-state index contributed by atoms with van der Waals surface area (Å²) in [5.41, 5.74) is 0.405. The standard InChI is InChI=1S/C20H21BrN4O3/c1-20(2,3)19-24-18(28-25-19)10-8-16(26)23-14-7-9-17(22-12-14)27-15-6-4-5-13(21)11-15/h4-7,9,11-12H,8,10H2,1-3H3,(H,23,26). The summed E-state index contributed by atoms with van der Waals surface area (Å²) in [7, 11) is 0. The maximum atomic E-state index is 12.1. The average Bonchev–Trinajstić information content (AvgIpc) is 3.11. The number of carbonyl (C=O) groups excluding carboxylic acids is 1. The van der Waals surface area contributed by atoms with Crippen molar-refractivity contribution < 1.29 is 14.1 Å². The molecule has 0 atom stereocenters. The number of pyridine rings is 1. The molecule has 3 aromatic rings. The molecule has 0 bridgehead atoms. The molecule has 1 amide bonds. The fourth-order valence-corrected chi connectivity index (χ4v) is 2.65. The van der Waals surface area contributed by atoms with E-state index < -0.39 is 0 Å². The molecule has 3 rings (SSSR count). The zero-order valence-corrected chi connectivity index (χ0v) is 17.5. The number of halogens is 1. The minimum Gasteiger partial charge on any atom is -0.439 e. The van der Waals surface area contributed by atoms with Gasteiger partial charge in [-0.05, 0) is 24.3 Å². The van der Waals surface area contributed by atoms with Gasteiger partial charge >= 0.3 is 0 Å². The molecule has 2 heterocycles. The van der Waals surface area contributed by atoms with Crippen molar-refractivity contribution in [3.63, 3.8) is 0 Å². The van der Waals surface area contributed by atoms with Gasteiger partial charge in [0.2, 0.25) is 17.7 Å². The Morgan fingerprint density at radius 1 is 1.25 bits per heavy atom. The van der Waals surface area contributed by atoms with E-state index in [-0.39, 0.29) is 17.7 Å². The molecular weight excluding hydrogens is 424 g/mol. The van der Waals surface area contributed by atoms with Crippen LogP contribution in [0.2, 0.25) is 0 Å². The number of nitrogens with one attached hydrogen (secondary N) is 1. The van der Waals surface area contributed by atoms with Crippen LogP contribution < -0.4 is 10.1 Å². The topological polar surface area (TPSA) is 90.1 Å². The van der Waals surface area contributed by atoms with E-state index >= 15 is 0 Å². The molecule has 0 fully saturated rings. The Bertz CT molecular complexity index is 949. The highest BCUT2D eigenvalue weighted by Gasteiger charge is 2.21. The number of benzene rings is 1. The Hall–Kier alpha value is -2.74. The van der Waals surface area contributed by atoms with Crippen molar-refractivity contribution in [1.29, 1.82) is 0 Å². The van der Waals surface area contributed by atoms with Crippen LogP contribution >= 0.6 is 15.9 Å². The Balaban J connectivity index is 1.51. The van der Waals surface area contributed by atoms with Crippen molar-refractivity contribution in [1.82, 2.24) is 15.1 Å². The predicted molar refractivity (Wildman–Crippen MR) is 108 cm³/mol. The van der Waals surface area contributed by atoms with E-state index in [1.807, 2.05) is 45.0 Å². The fraction of sp³-hybridized carbons (Fsp3) is 0.300. The second-order valence-electron chi connectivity index (χ2n) is 7.25. The van der Waals surface area contributed by atoms with Gasteiger partial charge in [-0.3, -0.25) is 4.79 Å². The van der Waals surface area contributed by atoms with Crippen LogP contribution in [-0.4, -0.2) is 21.0 Å². The van der Waals surface area contributed by atoms with Gasteiger partial charge in [-0.2, -0.15) is 4.98 Å². The number of ether oxygens (including phenoxy) is 1. The number of hydrogen-bond acceptors (Lipinski definition) is 6. The molecule has 1 N–H and O–H groups in total. The van der Waals surface area contributed by atoms with Crippen LogP contribution in [0.5, 0.6) is 11.6 Å². The third-order valence-corrected chi connectivity index (χ3v) is 4.24. The van der Waals surface area contributed by atoms with E-state index in [9.17, 15) is 4.79 Å². The van der Waals surface area contributed by atoms with Gasteiger partial charge in [0.15, 0.2) is 5.82 Å². The fourth-order valence-electron chi connectivity index (χ4n) is 2.27. The molecule has 0 aliphatic rings. The largest absolute Gasteiger partial charge is 0.439 e. The number of hydrogen-bond donors (Lipinski definition) is 1. The van der Waals surface area contributed by atoms with Crippen molar-refractivity contribution in [3.05, 3.63) is 58.8 Å². The molecule has 0 saturated carbocycles. The molecular formula is C20H21BrN4O3. The summed E-state index contributed by atoms with van der Waals surface area (Å²) < 4.78 is 11.8. The molecule has 8 heteroatoms. The van der Waals surface area contributed by atoms with E-state index in [1.165, 1.54) is 0 Å². The van der Waals surface area contributed by atoms with Crippen LogP contribution in [0.3, 0.4) is 0 Å². The lowest BCUT2D eigenvalue weighted by molar-refractivity contribution is -0.116. The van der Waals surface area contributed by atoms with Gasteiger partial charge in [0.1, 0.15) is 5.75 Å². The summed E-state index contributed by atoms with van der Waals surface area (Å²) >= 11 is 3.39. The van der Waals surface area contributed by atoms with Crippen LogP contribution in [0.25, 0.3) is 0 Å². The lowest BCUT2D eigenvalue weighted by Gasteiger charge is -2.10. The zero-order valence-electron chi connectivity index (χ0n) is 15.9. The number of amides is 1. The van der Waals surface area contributed by atoms with Crippen LogP contribution in [0.15, 0.2) is 51.6 Å². The molecule has 0 aliphatic heterocycles. The molecule has 1 aromatic carbocycles. The number of aromatic nitrogens is 3. The Morgan fingerprint density at radius 2 is 2.07 bits per heavy atom. The zero-order chi connectivity index (χ0) is 20.1. The number of nitrogens with zero attached hydrogens (tertiary/aromatic N) is 3. The summed E-state index contributed by atoms with van der Waals surface area (Å²) in [5.74, 6) is 2.05. The molecule has 0 spiro atoms. The van der Waals surface area contributed by atoms with Gasteiger partial charge < -0.3 is 14.6 Å². The van der Waals surface area contributed by atoms with E-state index in [2.05, 4.69) is 36.4 Å². The highest BCUT2D eigenvalue weighted by Crippen LogP contribution is 2.23. The first-order valence-electron chi connectivity index (χ1n) is 8.82. The van der Waals surface area contributed by atoms with Crippen molar-refractivity contribution in [2.45, 2.75) is 39.0 Å². The molecule has 2 aromatic heterocycles. The first-order valence-corrected chi connectivity index (χ1v) is 9.61. The minimum absolute atomic E-state index is 0.155. The molecule has 7 nitrogen and oxygen atoms in total. The third-order valence-electron chi connectivity index (χ3n) is 3.74. The summed E-state index contributed by atoms with van der Waals surface area (Å²) in [6, 6.07) is 10.9. The molecule has 0 radical (unpaired) electrons. The number of rotatable bonds is 6. The van der Waals surface area contributed by atoms with E-state index in [4.69, 9.17) is 9.26 Å². The van der Waals surface area contributed by atoms with Gasteiger partial charge in [-0.1, -0.05) is 47.9 Å². The van der Waals surface area contributed by atoms with Crippen molar-refractivity contribution >= 4 is 27.5 Å². The lowest BCUT2D eigenvalue weighted by Crippen LogP contribution is -2.14. The van der Waals surface area contributed by atoms with Crippen molar-refractivity contribution in [2.75, 3.05) is 5.32 Å². The van der Waals surface area contributed by atoms with Crippen LogP contribution in [0, 0.1) is 0 Å².